The SMILES string of the molecule is CCCCn1c(-c2ccc(Cl)cc2Cl)nc2ccc(SCCC)cc21. The fraction of sp³-hybridized carbons (Fsp3) is 0.350. The highest BCUT2D eigenvalue weighted by Gasteiger charge is 2.15. The Balaban J connectivity index is 2.13. The number of fused-ring (bicyclic) bond motifs is 1. The maximum Gasteiger partial charge on any atom is 0.142 e. The second-order valence-corrected chi connectivity index (χ2v) is 8.08. The van der Waals surface area contributed by atoms with Gasteiger partial charge in [0, 0.05) is 22.0 Å². The van der Waals surface area contributed by atoms with E-state index in [0.29, 0.717) is 10.0 Å². The molecule has 0 fully saturated rings. The van der Waals surface area contributed by atoms with Gasteiger partial charge in [-0.3, -0.25) is 0 Å². The molecule has 3 aromatic rings. The largest absolute Gasteiger partial charge is 0.324 e. The highest BCUT2D eigenvalue weighted by Crippen LogP contribution is 2.34. The van der Waals surface area contributed by atoms with E-state index in [1.54, 1.807) is 6.07 Å². The van der Waals surface area contributed by atoms with Gasteiger partial charge in [-0.15, -0.1) is 11.8 Å². The highest BCUT2D eigenvalue weighted by atomic mass is 35.5. The maximum absolute atomic E-state index is 6.46. The van der Waals surface area contributed by atoms with Crippen molar-refractivity contribution in [2.75, 3.05) is 5.75 Å². The summed E-state index contributed by atoms with van der Waals surface area (Å²) in [5, 5.41) is 1.28. The Morgan fingerprint density at radius 2 is 1.88 bits per heavy atom. The van der Waals surface area contributed by atoms with Crippen LogP contribution in [-0.2, 0) is 6.54 Å². The lowest BCUT2D eigenvalue weighted by Gasteiger charge is -2.10. The Morgan fingerprint density at radius 3 is 2.60 bits per heavy atom. The van der Waals surface area contributed by atoms with Gasteiger partial charge in [0.1, 0.15) is 5.82 Å². The second kappa shape index (κ2) is 8.48. The molecule has 0 unspecified atom stereocenters. The van der Waals surface area contributed by atoms with Gasteiger partial charge in [-0.2, -0.15) is 0 Å². The number of aromatic nitrogens is 2. The van der Waals surface area contributed by atoms with E-state index in [0.717, 1.165) is 42.0 Å². The van der Waals surface area contributed by atoms with Crippen molar-refractivity contribution in [3.05, 3.63) is 46.4 Å². The minimum atomic E-state index is 0.640. The van der Waals surface area contributed by atoms with Crippen LogP contribution in [0.5, 0.6) is 0 Å². The van der Waals surface area contributed by atoms with Crippen molar-refractivity contribution >= 4 is 46.0 Å². The molecule has 132 valence electrons. The fourth-order valence-electron chi connectivity index (χ4n) is 2.83. The number of benzene rings is 2. The maximum atomic E-state index is 6.46. The summed E-state index contributed by atoms with van der Waals surface area (Å²) >= 11 is 14.4. The lowest BCUT2D eigenvalue weighted by atomic mass is 10.2. The Kier molecular flexibility index (Phi) is 6.32. The summed E-state index contributed by atoms with van der Waals surface area (Å²) in [6.45, 7) is 5.34. The number of imidazole rings is 1. The molecule has 3 rings (SSSR count). The monoisotopic (exact) mass is 392 g/mol. The first-order valence-corrected chi connectivity index (χ1v) is 10.5. The van der Waals surface area contributed by atoms with Crippen molar-refractivity contribution in [2.24, 2.45) is 0 Å². The molecule has 0 amide bonds. The number of nitrogens with zero attached hydrogens (tertiary/aromatic N) is 2. The zero-order valence-corrected chi connectivity index (χ0v) is 16.9. The van der Waals surface area contributed by atoms with Crippen LogP contribution in [0, 0.1) is 0 Å². The lowest BCUT2D eigenvalue weighted by Crippen LogP contribution is -2.01. The topological polar surface area (TPSA) is 17.8 Å². The van der Waals surface area contributed by atoms with Crippen molar-refractivity contribution in [1.29, 1.82) is 0 Å². The summed E-state index contributed by atoms with van der Waals surface area (Å²) in [5.74, 6) is 2.05. The molecule has 0 radical (unpaired) electrons. The average molecular weight is 393 g/mol. The molecule has 0 atom stereocenters. The van der Waals surface area contributed by atoms with Crippen LogP contribution in [0.3, 0.4) is 0 Å². The van der Waals surface area contributed by atoms with E-state index in [1.165, 1.54) is 16.8 Å². The number of rotatable bonds is 7. The van der Waals surface area contributed by atoms with Crippen LogP contribution in [0.25, 0.3) is 22.4 Å². The van der Waals surface area contributed by atoms with Gasteiger partial charge in [-0.05, 0) is 55.0 Å². The predicted octanol–water partition coefficient (Wildman–Crippen LogP) is 7.31. The molecular weight excluding hydrogens is 371 g/mol. The first kappa shape index (κ1) is 18.6. The van der Waals surface area contributed by atoms with Gasteiger partial charge >= 0.3 is 0 Å². The zero-order chi connectivity index (χ0) is 17.8. The minimum absolute atomic E-state index is 0.640. The van der Waals surface area contributed by atoms with Gasteiger partial charge in [0.25, 0.3) is 0 Å². The van der Waals surface area contributed by atoms with Crippen LogP contribution in [0.4, 0.5) is 0 Å². The Labute approximate surface area is 163 Å². The summed E-state index contributed by atoms with van der Waals surface area (Å²) in [5.41, 5.74) is 3.12. The van der Waals surface area contributed by atoms with Crippen LogP contribution < -0.4 is 0 Å². The van der Waals surface area contributed by atoms with Crippen molar-refractivity contribution in [2.45, 2.75) is 44.6 Å². The Morgan fingerprint density at radius 1 is 1.04 bits per heavy atom. The predicted molar refractivity (Wildman–Crippen MR) is 111 cm³/mol. The van der Waals surface area contributed by atoms with Gasteiger partial charge in [-0.1, -0.05) is 43.5 Å². The van der Waals surface area contributed by atoms with Gasteiger partial charge in [0.05, 0.1) is 16.1 Å². The molecule has 0 aliphatic rings. The van der Waals surface area contributed by atoms with E-state index < -0.39 is 0 Å². The van der Waals surface area contributed by atoms with Crippen molar-refractivity contribution in [1.82, 2.24) is 9.55 Å². The zero-order valence-electron chi connectivity index (χ0n) is 14.6. The summed E-state index contributed by atoms with van der Waals surface area (Å²) in [6, 6.07) is 12.1. The molecule has 1 aromatic heterocycles. The Bertz CT molecular complexity index is 874. The third kappa shape index (κ3) is 4.16. The molecule has 0 spiro atoms. The molecule has 0 aliphatic heterocycles. The van der Waals surface area contributed by atoms with E-state index >= 15 is 0 Å². The lowest BCUT2D eigenvalue weighted by molar-refractivity contribution is 0.651. The number of unbranched alkanes of at least 4 members (excludes halogenated alkanes) is 1. The van der Waals surface area contributed by atoms with Crippen LogP contribution >= 0.6 is 35.0 Å². The molecule has 0 aliphatic carbocycles. The van der Waals surface area contributed by atoms with Crippen LogP contribution in [0.1, 0.15) is 33.1 Å². The number of halogens is 2. The molecule has 0 saturated heterocycles. The minimum Gasteiger partial charge on any atom is -0.324 e. The van der Waals surface area contributed by atoms with E-state index in [2.05, 4.69) is 36.6 Å². The quantitative estimate of drug-likeness (QED) is 0.392. The van der Waals surface area contributed by atoms with Gasteiger partial charge < -0.3 is 4.57 Å². The smallest absolute Gasteiger partial charge is 0.142 e. The van der Waals surface area contributed by atoms with Crippen LogP contribution in [0.15, 0.2) is 41.3 Å². The first-order valence-electron chi connectivity index (χ1n) is 8.72. The van der Waals surface area contributed by atoms with E-state index in [1.807, 2.05) is 23.9 Å². The molecule has 2 aromatic carbocycles. The number of hydrogen-bond acceptors (Lipinski definition) is 2. The fourth-order valence-corrected chi connectivity index (χ4v) is 4.12. The van der Waals surface area contributed by atoms with Crippen LogP contribution in [0.2, 0.25) is 10.0 Å². The summed E-state index contributed by atoms with van der Waals surface area (Å²) in [4.78, 5) is 6.17. The molecular formula is C20H22Cl2N2S. The van der Waals surface area contributed by atoms with E-state index in [4.69, 9.17) is 28.2 Å². The molecule has 0 saturated carbocycles. The average Bonchev–Trinajstić information content (AvgIpc) is 2.95. The summed E-state index contributed by atoms with van der Waals surface area (Å²) in [6.07, 6.45) is 3.41. The molecule has 0 N–H and O–H groups in total. The molecule has 0 bridgehead atoms. The third-order valence-corrected chi connectivity index (χ3v) is 5.85. The Hall–Kier alpha value is -1.16. The second-order valence-electron chi connectivity index (χ2n) is 6.06. The number of thioether (sulfide) groups is 1. The molecule has 25 heavy (non-hydrogen) atoms. The molecule has 5 heteroatoms. The first-order chi connectivity index (χ1) is 12.1. The van der Waals surface area contributed by atoms with Gasteiger partial charge in [0.2, 0.25) is 0 Å². The van der Waals surface area contributed by atoms with Crippen molar-refractivity contribution in [3.63, 3.8) is 0 Å². The van der Waals surface area contributed by atoms with Gasteiger partial charge in [-0.25, -0.2) is 4.98 Å². The standard InChI is InChI=1S/C20H22Cl2N2S/c1-3-5-10-24-19-13-15(25-11-4-2)7-9-18(19)23-20(24)16-8-6-14(21)12-17(16)22/h6-9,12-13H,3-5,10-11H2,1-2H3. The number of hydrogen-bond donors (Lipinski definition) is 0. The summed E-state index contributed by atoms with van der Waals surface area (Å²) in [7, 11) is 0. The van der Waals surface area contributed by atoms with Crippen molar-refractivity contribution < 1.29 is 0 Å². The number of aryl methyl sites for hydroxylation is 1. The van der Waals surface area contributed by atoms with Gasteiger partial charge in [0.15, 0.2) is 0 Å². The molecule has 1 heterocycles. The molecule has 2 nitrogen and oxygen atoms in total. The normalized spacial score (nSPS) is 11.4. The third-order valence-electron chi connectivity index (χ3n) is 4.10. The summed E-state index contributed by atoms with van der Waals surface area (Å²) < 4.78 is 2.30. The highest BCUT2D eigenvalue weighted by molar-refractivity contribution is 7.99. The van der Waals surface area contributed by atoms with E-state index in [9.17, 15) is 0 Å². The van der Waals surface area contributed by atoms with Crippen molar-refractivity contribution in [3.8, 4) is 11.4 Å². The van der Waals surface area contributed by atoms with Crippen LogP contribution in [-0.4, -0.2) is 15.3 Å². The van der Waals surface area contributed by atoms with E-state index in [-0.39, 0.29) is 0 Å².